The number of hydrogen-bond acceptors (Lipinski definition) is 2. The Morgan fingerprint density at radius 2 is 1.94 bits per heavy atom. The van der Waals surface area contributed by atoms with Crippen LogP contribution in [0.4, 0.5) is 5.69 Å². The molecule has 0 spiro atoms. The van der Waals surface area contributed by atoms with Crippen LogP contribution in [0.15, 0.2) is 30.3 Å². The van der Waals surface area contributed by atoms with Gasteiger partial charge in [0.25, 0.3) is 0 Å². The lowest BCUT2D eigenvalue weighted by Crippen LogP contribution is -2.33. The van der Waals surface area contributed by atoms with Crippen molar-refractivity contribution in [1.82, 2.24) is 0 Å². The first-order valence-electron chi connectivity index (χ1n) is 6.29. The summed E-state index contributed by atoms with van der Waals surface area (Å²) in [7, 11) is 0. The molecule has 0 saturated carbocycles. The van der Waals surface area contributed by atoms with Gasteiger partial charge in [-0.25, -0.2) is 0 Å². The van der Waals surface area contributed by atoms with Crippen molar-refractivity contribution in [3.63, 3.8) is 0 Å². The second-order valence-electron chi connectivity index (χ2n) is 4.20. The van der Waals surface area contributed by atoms with Gasteiger partial charge in [0.1, 0.15) is 0 Å². The lowest BCUT2D eigenvalue weighted by atomic mass is 10.2. The maximum atomic E-state index is 12.2. The minimum absolute atomic E-state index is 0.138. The molecule has 4 heteroatoms. The van der Waals surface area contributed by atoms with E-state index in [9.17, 15) is 4.79 Å². The highest BCUT2D eigenvalue weighted by atomic mass is 32.1. The van der Waals surface area contributed by atoms with Crippen molar-refractivity contribution in [2.24, 2.45) is 5.73 Å². The maximum Gasteiger partial charge on any atom is 0.226 e. The van der Waals surface area contributed by atoms with E-state index in [0.717, 1.165) is 18.5 Å². The highest BCUT2D eigenvalue weighted by Gasteiger charge is 2.14. The molecule has 0 unspecified atom stereocenters. The predicted molar refractivity (Wildman–Crippen MR) is 79.7 cm³/mol. The van der Waals surface area contributed by atoms with E-state index in [0.29, 0.717) is 24.4 Å². The maximum absolute atomic E-state index is 12.2. The number of anilines is 1. The number of rotatable bonds is 7. The average Bonchev–Trinajstić information content (AvgIpc) is 2.37. The fourth-order valence-corrected chi connectivity index (χ4v) is 1.78. The summed E-state index contributed by atoms with van der Waals surface area (Å²) in [6.45, 7) is 2.64. The monoisotopic (exact) mass is 264 g/mol. The highest BCUT2D eigenvalue weighted by molar-refractivity contribution is 7.80. The zero-order chi connectivity index (χ0) is 13.4. The van der Waals surface area contributed by atoms with Crippen molar-refractivity contribution >= 4 is 28.8 Å². The lowest BCUT2D eigenvalue weighted by molar-refractivity contribution is -0.118. The number of para-hydroxylation sites is 1. The normalized spacial score (nSPS) is 10.1. The number of unbranched alkanes of at least 4 members (excludes halogenated alkanes) is 1. The number of nitrogens with two attached hydrogens (primary N) is 1. The third-order valence-corrected chi connectivity index (χ3v) is 2.90. The fourth-order valence-electron chi connectivity index (χ4n) is 1.69. The number of hydrogen-bond donors (Lipinski definition) is 1. The summed E-state index contributed by atoms with van der Waals surface area (Å²) in [6, 6.07) is 9.66. The van der Waals surface area contributed by atoms with Crippen molar-refractivity contribution in [2.75, 3.05) is 11.4 Å². The van der Waals surface area contributed by atoms with Gasteiger partial charge in [0.2, 0.25) is 5.91 Å². The lowest BCUT2D eigenvalue weighted by Gasteiger charge is -2.22. The number of amides is 1. The van der Waals surface area contributed by atoms with E-state index in [4.69, 9.17) is 18.0 Å². The summed E-state index contributed by atoms with van der Waals surface area (Å²) in [5.74, 6) is 0.138. The van der Waals surface area contributed by atoms with E-state index in [1.54, 1.807) is 4.90 Å². The largest absolute Gasteiger partial charge is 0.393 e. The van der Waals surface area contributed by atoms with E-state index in [-0.39, 0.29) is 5.91 Å². The van der Waals surface area contributed by atoms with Crippen molar-refractivity contribution < 1.29 is 4.79 Å². The Hall–Kier alpha value is -1.42. The zero-order valence-corrected chi connectivity index (χ0v) is 11.6. The molecule has 0 heterocycles. The summed E-state index contributed by atoms with van der Waals surface area (Å²) in [5.41, 5.74) is 6.42. The molecular weight excluding hydrogens is 244 g/mol. The minimum Gasteiger partial charge on any atom is -0.393 e. The topological polar surface area (TPSA) is 46.3 Å². The molecule has 0 radical (unpaired) electrons. The van der Waals surface area contributed by atoms with Crippen molar-refractivity contribution in [1.29, 1.82) is 0 Å². The van der Waals surface area contributed by atoms with Gasteiger partial charge >= 0.3 is 0 Å². The third kappa shape index (κ3) is 4.84. The van der Waals surface area contributed by atoms with Gasteiger partial charge in [-0.15, -0.1) is 0 Å². The Kier molecular flexibility index (Phi) is 6.36. The molecule has 2 N–H and O–H groups in total. The first-order valence-corrected chi connectivity index (χ1v) is 6.69. The minimum atomic E-state index is 0.138. The Bertz CT molecular complexity index is 392. The molecule has 1 aromatic rings. The summed E-state index contributed by atoms with van der Waals surface area (Å²) >= 11 is 4.88. The standard InChI is InChI=1S/C14H20N2OS/c1-2-3-9-14(17)16(11-10-13(15)18)12-7-5-4-6-8-12/h4-8H,2-3,9-11H2,1H3,(H2,15,18). The molecular formula is C14H20N2OS. The molecule has 0 aliphatic heterocycles. The van der Waals surface area contributed by atoms with Gasteiger partial charge in [-0.3, -0.25) is 4.79 Å². The smallest absolute Gasteiger partial charge is 0.226 e. The molecule has 0 fully saturated rings. The first kappa shape index (κ1) is 14.6. The highest BCUT2D eigenvalue weighted by Crippen LogP contribution is 2.16. The zero-order valence-electron chi connectivity index (χ0n) is 10.8. The van der Waals surface area contributed by atoms with E-state index < -0.39 is 0 Å². The second kappa shape index (κ2) is 7.82. The number of carbonyl (C=O) groups is 1. The Morgan fingerprint density at radius 1 is 1.28 bits per heavy atom. The summed E-state index contributed by atoms with van der Waals surface area (Å²) in [6.07, 6.45) is 3.06. The molecule has 98 valence electrons. The van der Waals surface area contributed by atoms with Gasteiger partial charge in [0.05, 0.1) is 4.99 Å². The van der Waals surface area contributed by atoms with Crippen LogP contribution in [-0.4, -0.2) is 17.4 Å². The molecule has 3 nitrogen and oxygen atoms in total. The molecule has 0 bridgehead atoms. The SMILES string of the molecule is CCCCC(=O)N(CCC(N)=S)c1ccccc1. The summed E-state index contributed by atoms with van der Waals surface area (Å²) < 4.78 is 0. The van der Waals surface area contributed by atoms with Gasteiger partial charge in [-0.05, 0) is 18.6 Å². The van der Waals surface area contributed by atoms with Gasteiger partial charge in [0, 0.05) is 25.1 Å². The second-order valence-corrected chi connectivity index (χ2v) is 4.73. The van der Waals surface area contributed by atoms with E-state index >= 15 is 0 Å². The molecule has 0 atom stereocenters. The Morgan fingerprint density at radius 3 is 2.50 bits per heavy atom. The van der Waals surface area contributed by atoms with Crippen molar-refractivity contribution in [2.45, 2.75) is 32.6 Å². The van der Waals surface area contributed by atoms with E-state index in [2.05, 4.69) is 6.92 Å². The number of thiocarbonyl (C=S) groups is 1. The van der Waals surface area contributed by atoms with E-state index in [1.807, 2.05) is 30.3 Å². The fraction of sp³-hybridized carbons (Fsp3) is 0.429. The van der Waals surface area contributed by atoms with Gasteiger partial charge < -0.3 is 10.6 Å². The van der Waals surface area contributed by atoms with Crippen LogP contribution in [0.25, 0.3) is 0 Å². The molecule has 0 aliphatic rings. The van der Waals surface area contributed by atoms with Crippen LogP contribution in [0.2, 0.25) is 0 Å². The molecule has 1 amide bonds. The van der Waals surface area contributed by atoms with Crippen LogP contribution >= 0.6 is 12.2 Å². The third-order valence-electron chi connectivity index (χ3n) is 2.69. The van der Waals surface area contributed by atoms with Crippen LogP contribution in [-0.2, 0) is 4.79 Å². The Balaban J connectivity index is 2.74. The van der Waals surface area contributed by atoms with Gasteiger partial charge in [-0.1, -0.05) is 43.8 Å². The van der Waals surface area contributed by atoms with Crippen LogP contribution < -0.4 is 10.6 Å². The molecule has 0 aromatic heterocycles. The first-order chi connectivity index (χ1) is 8.65. The van der Waals surface area contributed by atoms with Crippen molar-refractivity contribution in [3.8, 4) is 0 Å². The van der Waals surface area contributed by atoms with Gasteiger partial charge in [-0.2, -0.15) is 0 Å². The molecule has 0 saturated heterocycles. The van der Waals surface area contributed by atoms with Crippen LogP contribution in [0.5, 0.6) is 0 Å². The number of carbonyl (C=O) groups excluding carboxylic acids is 1. The van der Waals surface area contributed by atoms with Crippen LogP contribution in [0, 0.1) is 0 Å². The van der Waals surface area contributed by atoms with Crippen LogP contribution in [0.3, 0.4) is 0 Å². The predicted octanol–water partition coefficient (Wildman–Crippen LogP) is 2.89. The number of nitrogens with zero attached hydrogens (tertiary/aromatic N) is 1. The average molecular weight is 264 g/mol. The van der Waals surface area contributed by atoms with Crippen LogP contribution in [0.1, 0.15) is 32.6 Å². The number of benzene rings is 1. The molecule has 1 aromatic carbocycles. The summed E-state index contributed by atoms with van der Waals surface area (Å²) in [5, 5.41) is 0. The molecule has 18 heavy (non-hydrogen) atoms. The molecule has 1 rings (SSSR count). The van der Waals surface area contributed by atoms with Gasteiger partial charge in [0.15, 0.2) is 0 Å². The van der Waals surface area contributed by atoms with Crippen molar-refractivity contribution in [3.05, 3.63) is 30.3 Å². The quantitative estimate of drug-likeness (QED) is 0.770. The summed E-state index contributed by atoms with van der Waals surface area (Å²) in [4.78, 5) is 14.4. The Labute approximate surface area is 114 Å². The molecule has 0 aliphatic carbocycles. The van der Waals surface area contributed by atoms with E-state index in [1.165, 1.54) is 0 Å².